The number of methoxy groups -OCH3 is 1. The third kappa shape index (κ3) is 3.87. The molecule has 0 bridgehead atoms. The van der Waals surface area contributed by atoms with Crippen molar-refractivity contribution < 1.29 is 9.53 Å². The Bertz CT molecular complexity index is 713. The summed E-state index contributed by atoms with van der Waals surface area (Å²) in [5, 5.41) is 2.91. The van der Waals surface area contributed by atoms with E-state index in [0.29, 0.717) is 17.9 Å². The van der Waals surface area contributed by atoms with Crippen LogP contribution in [0.25, 0.3) is 0 Å². The second kappa shape index (κ2) is 7.66. The van der Waals surface area contributed by atoms with Gasteiger partial charge in [0.2, 0.25) is 0 Å². The van der Waals surface area contributed by atoms with Crippen LogP contribution < -0.4 is 15.0 Å². The van der Waals surface area contributed by atoms with Gasteiger partial charge in [0.15, 0.2) is 0 Å². The average Bonchev–Trinajstić information content (AvgIpc) is 3.14. The molecule has 5 nitrogen and oxygen atoms in total. The van der Waals surface area contributed by atoms with Gasteiger partial charge in [-0.15, -0.1) is 0 Å². The number of ether oxygens (including phenoxy) is 1. The van der Waals surface area contributed by atoms with Crippen molar-refractivity contribution in [1.82, 2.24) is 10.3 Å². The van der Waals surface area contributed by atoms with E-state index in [1.54, 1.807) is 25.3 Å². The zero-order valence-electron chi connectivity index (χ0n) is 13.6. The zero-order chi connectivity index (χ0) is 16.9. The number of hydrogen-bond acceptors (Lipinski definition) is 4. The average molecular weight is 390 g/mol. The Morgan fingerprint density at radius 1 is 1.29 bits per heavy atom. The topological polar surface area (TPSA) is 54.5 Å². The normalized spacial score (nSPS) is 13.8. The van der Waals surface area contributed by atoms with E-state index >= 15 is 0 Å². The molecule has 0 unspecified atom stereocenters. The van der Waals surface area contributed by atoms with E-state index in [2.05, 4.69) is 31.1 Å². The smallest absolute Gasteiger partial charge is 0.251 e. The van der Waals surface area contributed by atoms with Gasteiger partial charge in [0.25, 0.3) is 5.91 Å². The minimum atomic E-state index is -0.123. The van der Waals surface area contributed by atoms with E-state index in [0.717, 1.165) is 28.9 Å². The minimum absolute atomic E-state index is 0.123. The fraction of sp³-hybridized carbons (Fsp3) is 0.333. The van der Waals surface area contributed by atoms with Gasteiger partial charge in [-0.2, -0.15) is 0 Å². The number of pyridine rings is 1. The number of benzene rings is 1. The molecule has 0 atom stereocenters. The Kier molecular flexibility index (Phi) is 5.35. The van der Waals surface area contributed by atoms with Crippen molar-refractivity contribution in [2.24, 2.45) is 0 Å². The first-order valence-corrected chi connectivity index (χ1v) is 8.78. The van der Waals surface area contributed by atoms with Gasteiger partial charge in [-0.1, -0.05) is 6.07 Å². The Morgan fingerprint density at radius 3 is 2.71 bits per heavy atom. The summed E-state index contributed by atoms with van der Waals surface area (Å²) < 4.78 is 5.93. The van der Waals surface area contributed by atoms with Crippen LogP contribution in [0.2, 0.25) is 0 Å². The van der Waals surface area contributed by atoms with Gasteiger partial charge in [0.1, 0.15) is 11.6 Å². The fourth-order valence-corrected chi connectivity index (χ4v) is 3.29. The lowest BCUT2D eigenvalue weighted by molar-refractivity contribution is 0.0951. The quantitative estimate of drug-likeness (QED) is 0.851. The van der Waals surface area contributed by atoms with E-state index in [1.165, 1.54) is 12.8 Å². The van der Waals surface area contributed by atoms with Crippen molar-refractivity contribution in [2.75, 3.05) is 25.1 Å². The number of hydrogen-bond donors (Lipinski definition) is 1. The highest BCUT2D eigenvalue weighted by Gasteiger charge is 2.13. The lowest BCUT2D eigenvalue weighted by atomic mass is 10.2. The Labute approximate surface area is 150 Å². The summed E-state index contributed by atoms with van der Waals surface area (Å²) in [4.78, 5) is 19.0. The number of carbonyl (C=O) groups excluding carboxylic acids is 1. The Morgan fingerprint density at radius 2 is 2.08 bits per heavy atom. The molecular weight excluding hydrogens is 370 g/mol. The third-order valence-electron chi connectivity index (χ3n) is 4.11. The maximum absolute atomic E-state index is 12.2. The molecule has 1 aromatic heterocycles. The maximum atomic E-state index is 12.2. The highest BCUT2D eigenvalue weighted by Crippen LogP contribution is 2.25. The first kappa shape index (κ1) is 16.8. The van der Waals surface area contributed by atoms with Crippen LogP contribution >= 0.6 is 15.9 Å². The van der Waals surface area contributed by atoms with E-state index in [4.69, 9.17) is 4.74 Å². The summed E-state index contributed by atoms with van der Waals surface area (Å²) >= 11 is 3.39. The van der Waals surface area contributed by atoms with Crippen molar-refractivity contribution >= 4 is 27.7 Å². The molecule has 6 heteroatoms. The molecule has 0 aliphatic carbocycles. The number of aromatic nitrogens is 1. The monoisotopic (exact) mass is 389 g/mol. The van der Waals surface area contributed by atoms with Gasteiger partial charge >= 0.3 is 0 Å². The van der Waals surface area contributed by atoms with Gasteiger partial charge in [-0.3, -0.25) is 4.79 Å². The second-order valence-corrected chi connectivity index (χ2v) is 6.61. The summed E-state index contributed by atoms with van der Waals surface area (Å²) in [6, 6.07) is 9.31. The second-order valence-electron chi connectivity index (χ2n) is 5.75. The molecule has 1 aromatic carbocycles. The van der Waals surface area contributed by atoms with Gasteiger partial charge in [-0.25, -0.2) is 4.98 Å². The first-order chi connectivity index (χ1) is 11.7. The number of nitrogens with zero attached hydrogens (tertiary/aromatic N) is 2. The Balaban J connectivity index is 1.58. The summed E-state index contributed by atoms with van der Waals surface area (Å²) in [7, 11) is 1.60. The van der Waals surface area contributed by atoms with Crippen molar-refractivity contribution in [1.29, 1.82) is 0 Å². The van der Waals surface area contributed by atoms with Gasteiger partial charge in [-0.05, 0) is 58.6 Å². The van der Waals surface area contributed by atoms with Crippen molar-refractivity contribution in [3.05, 3.63) is 52.1 Å². The van der Waals surface area contributed by atoms with Crippen molar-refractivity contribution in [2.45, 2.75) is 19.4 Å². The predicted molar refractivity (Wildman–Crippen MR) is 97.5 cm³/mol. The molecule has 2 aromatic rings. The molecule has 1 aliphatic heterocycles. The van der Waals surface area contributed by atoms with Crippen LogP contribution in [0.4, 0.5) is 5.82 Å². The summed E-state index contributed by atoms with van der Waals surface area (Å²) in [6.07, 6.45) is 4.30. The van der Waals surface area contributed by atoms with Crippen molar-refractivity contribution in [3.8, 4) is 5.75 Å². The summed E-state index contributed by atoms with van der Waals surface area (Å²) in [5.74, 6) is 1.59. The largest absolute Gasteiger partial charge is 0.496 e. The standard InChI is InChI=1S/C18H20BrN3O2/c1-24-16-6-5-14(10-15(16)19)18(23)21-12-13-4-7-17(20-11-13)22-8-2-3-9-22/h4-7,10-11H,2-3,8-9,12H2,1H3,(H,21,23). The van der Waals surface area contributed by atoms with E-state index in [9.17, 15) is 4.79 Å². The van der Waals surface area contributed by atoms with Crippen LogP contribution in [-0.4, -0.2) is 31.1 Å². The SMILES string of the molecule is COc1ccc(C(=O)NCc2ccc(N3CCCC3)nc2)cc1Br. The molecule has 3 rings (SSSR count). The number of carbonyl (C=O) groups is 1. The predicted octanol–water partition coefficient (Wildman–Crippen LogP) is 3.38. The molecule has 0 radical (unpaired) electrons. The van der Waals surface area contributed by atoms with Crippen molar-refractivity contribution in [3.63, 3.8) is 0 Å². The van der Waals surface area contributed by atoms with Crippen LogP contribution in [-0.2, 0) is 6.54 Å². The lowest BCUT2D eigenvalue weighted by Crippen LogP contribution is -2.23. The van der Waals surface area contributed by atoms with Gasteiger partial charge in [0, 0.05) is 31.4 Å². The van der Waals surface area contributed by atoms with E-state index < -0.39 is 0 Å². The number of nitrogens with one attached hydrogen (secondary N) is 1. The summed E-state index contributed by atoms with van der Waals surface area (Å²) in [6.45, 7) is 2.61. The zero-order valence-corrected chi connectivity index (χ0v) is 15.2. The highest BCUT2D eigenvalue weighted by molar-refractivity contribution is 9.10. The molecule has 24 heavy (non-hydrogen) atoms. The molecule has 1 fully saturated rings. The van der Waals surface area contributed by atoms with Gasteiger partial charge in [0.05, 0.1) is 11.6 Å². The number of rotatable bonds is 5. The lowest BCUT2D eigenvalue weighted by Gasteiger charge is -2.16. The molecule has 1 saturated heterocycles. The van der Waals surface area contributed by atoms with E-state index in [-0.39, 0.29) is 5.91 Å². The third-order valence-corrected chi connectivity index (χ3v) is 4.73. The number of anilines is 1. The summed E-state index contributed by atoms with van der Waals surface area (Å²) in [5.41, 5.74) is 1.57. The van der Waals surface area contributed by atoms with Crippen LogP contribution in [0.15, 0.2) is 41.0 Å². The molecule has 126 valence electrons. The first-order valence-electron chi connectivity index (χ1n) is 7.99. The molecule has 2 heterocycles. The number of amides is 1. The fourth-order valence-electron chi connectivity index (χ4n) is 2.75. The molecule has 0 saturated carbocycles. The van der Waals surface area contributed by atoms with Crippen LogP contribution in [0.5, 0.6) is 5.75 Å². The number of halogens is 1. The van der Waals surface area contributed by atoms with E-state index in [1.807, 2.05) is 18.3 Å². The molecule has 1 N–H and O–H groups in total. The minimum Gasteiger partial charge on any atom is -0.496 e. The van der Waals surface area contributed by atoms with Crippen LogP contribution in [0.3, 0.4) is 0 Å². The van der Waals surface area contributed by atoms with Crippen LogP contribution in [0, 0.1) is 0 Å². The maximum Gasteiger partial charge on any atom is 0.251 e. The molecule has 0 spiro atoms. The van der Waals surface area contributed by atoms with Crippen LogP contribution in [0.1, 0.15) is 28.8 Å². The Hall–Kier alpha value is -2.08. The highest BCUT2D eigenvalue weighted by atomic mass is 79.9. The molecule has 1 aliphatic rings. The van der Waals surface area contributed by atoms with Gasteiger partial charge < -0.3 is 15.0 Å². The molecule has 1 amide bonds. The molecular formula is C18H20BrN3O2.